The molecule has 1 aliphatic carbocycles. The lowest BCUT2D eigenvalue weighted by molar-refractivity contribution is 0.269. The monoisotopic (exact) mass is 501 g/mol. The number of benzene rings is 2. The standard InChI is InChI=1S/C30H34ClN3.C2H6/c1-5-21-7-9-22(10-8-21)17-32-20(3)24-16-29(33-28-12-11-23(31)15-25(24)28)27-18-34(4)30-13-6-19(2)14-26(27)30;1-2/h6,11-16,18,21-22,32H,3,5,7-10,17H2,1-2,4H3;1-2H3. The van der Waals surface area contributed by atoms with Gasteiger partial charge in [-0.2, -0.15) is 0 Å². The first-order valence-corrected chi connectivity index (χ1v) is 13.9. The molecule has 4 aromatic rings. The summed E-state index contributed by atoms with van der Waals surface area (Å²) in [5, 5.41) is 6.65. The van der Waals surface area contributed by atoms with E-state index in [1.807, 2.05) is 32.0 Å². The zero-order chi connectivity index (χ0) is 25.8. The van der Waals surface area contributed by atoms with Crippen molar-refractivity contribution in [2.24, 2.45) is 18.9 Å². The topological polar surface area (TPSA) is 29.9 Å². The zero-order valence-corrected chi connectivity index (χ0v) is 23.3. The SMILES string of the molecule is C=C(NCC1CCC(CC)CC1)c1cc(-c2cn(C)c3ccc(C)cc23)nc2ccc(Cl)cc12.CC. The lowest BCUT2D eigenvalue weighted by Gasteiger charge is -2.28. The highest BCUT2D eigenvalue weighted by atomic mass is 35.5. The first-order chi connectivity index (χ1) is 17.4. The van der Waals surface area contributed by atoms with Crippen molar-refractivity contribution in [3.63, 3.8) is 0 Å². The molecule has 4 heteroatoms. The largest absolute Gasteiger partial charge is 0.385 e. The Morgan fingerprint density at radius 3 is 2.47 bits per heavy atom. The van der Waals surface area contributed by atoms with Crippen LogP contribution < -0.4 is 5.32 Å². The molecule has 1 aliphatic rings. The van der Waals surface area contributed by atoms with Crippen molar-refractivity contribution in [1.29, 1.82) is 0 Å². The molecule has 0 unspecified atom stereocenters. The van der Waals surface area contributed by atoms with E-state index in [-0.39, 0.29) is 0 Å². The molecule has 0 saturated heterocycles. The number of rotatable bonds is 6. The van der Waals surface area contributed by atoms with Crippen LogP contribution in [0.1, 0.15) is 64.0 Å². The van der Waals surface area contributed by atoms with Crippen LogP contribution in [0, 0.1) is 18.8 Å². The van der Waals surface area contributed by atoms with Crippen molar-refractivity contribution in [1.82, 2.24) is 14.9 Å². The molecule has 1 N–H and O–H groups in total. The molecule has 0 atom stereocenters. The van der Waals surface area contributed by atoms with Crippen molar-refractivity contribution in [3.8, 4) is 11.3 Å². The van der Waals surface area contributed by atoms with Crippen molar-refractivity contribution in [3.05, 3.63) is 71.4 Å². The van der Waals surface area contributed by atoms with E-state index in [2.05, 4.69) is 67.8 Å². The van der Waals surface area contributed by atoms with E-state index < -0.39 is 0 Å². The maximum atomic E-state index is 6.40. The van der Waals surface area contributed by atoms with Gasteiger partial charge in [-0.15, -0.1) is 0 Å². The number of fused-ring (bicyclic) bond motifs is 2. The Kier molecular flexibility index (Phi) is 8.41. The van der Waals surface area contributed by atoms with Crippen molar-refractivity contribution >= 4 is 39.1 Å². The van der Waals surface area contributed by atoms with Gasteiger partial charge in [0.25, 0.3) is 0 Å². The fraction of sp³-hybridized carbons (Fsp3) is 0.406. The summed E-state index contributed by atoms with van der Waals surface area (Å²) in [6, 6.07) is 14.7. The summed E-state index contributed by atoms with van der Waals surface area (Å²) < 4.78 is 2.18. The fourth-order valence-electron chi connectivity index (χ4n) is 5.50. The molecule has 3 nitrogen and oxygen atoms in total. The predicted molar refractivity (Wildman–Crippen MR) is 158 cm³/mol. The molecule has 36 heavy (non-hydrogen) atoms. The quantitative estimate of drug-likeness (QED) is 0.285. The number of aromatic nitrogens is 2. The van der Waals surface area contributed by atoms with Crippen molar-refractivity contribution in [2.45, 2.75) is 59.8 Å². The number of pyridine rings is 1. The summed E-state index contributed by atoms with van der Waals surface area (Å²) in [5.41, 5.74) is 7.53. The lowest BCUT2D eigenvalue weighted by atomic mass is 9.81. The molecule has 0 radical (unpaired) electrons. The summed E-state index contributed by atoms with van der Waals surface area (Å²) in [4.78, 5) is 5.05. The van der Waals surface area contributed by atoms with Crippen LogP contribution in [0.25, 0.3) is 38.8 Å². The molecule has 0 bridgehead atoms. The van der Waals surface area contributed by atoms with Gasteiger partial charge in [0.05, 0.1) is 11.2 Å². The number of hydrogen-bond donors (Lipinski definition) is 1. The van der Waals surface area contributed by atoms with Crippen LogP contribution in [0.4, 0.5) is 0 Å². The molecule has 2 aromatic heterocycles. The maximum Gasteiger partial charge on any atom is 0.0738 e. The molecule has 2 aromatic carbocycles. The van der Waals surface area contributed by atoms with Crippen LogP contribution in [0.2, 0.25) is 5.02 Å². The fourth-order valence-corrected chi connectivity index (χ4v) is 5.67. The van der Waals surface area contributed by atoms with E-state index >= 15 is 0 Å². The van der Waals surface area contributed by atoms with Crippen LogP contribution in [0.15, 0.2) is 55.2 Å². The second-order valence-electron chi connectivity index (χ2n) is 10.0. The van der Waals surface area contributed by atoms with Gasteiger partial charge < -0.3 is 9.88 Å². The number of aryl methyl sites for hydroxylation is 2. The van der Waals surface area contributed by atoms with Crippen LogP contribution >= 0.6 is 11.6 Å². The molecule has 0 spiro atoms. The van der Waals surface area contributed by atoms with E-state index in [9.17, 15) is 0 Å². The normalized spacial score (nSPS) is 17.6. The lowest BCUT2D eigenvalue weighted by Crippen LogP contribution is -2.25. The third kappa shape index (κ3) is 5.47. The molecule has 2 heterocycles. The third-order valence-electron chi connectivity index (χ3n) is 7.66. The third-order valence-corrected chi connectivity index (χ3v) is 7.90. The Balaban J connectivity index is 0.00000148. The van der Waals surface area contributed by atoms with Gasteiger partial charge in [0.1, 0.15) is 0 Å². The minimum absolute atomic E-state index is 0.717. The Labute approximate surface area is 221 Å². The van der Waals surface area contributed by atoms with Crippen LogP contribution in [-0.4, -0.2) is 16.1 Å². The summed E-state index contributed by atoms with van der Waals surface area (Å²) in [6.07, 6.45) is 8.82. The smallest absolute Gasteiger partial charge is 0.0738 e. The van der Waals surface area contributed by atoms with Gasteiger partial charge in [0.15, 0.2) is 0 Å². The van der Waals surface area contributed by atoms with Crippen LogP contribution in [-0.2, 0) is 7.05 Å². The average molecular weight is 502 g/mol. The summed E-state index contributed by atoms with van der Waals surface area (Å²) >= 11 is 6.40. The Morgan fingerprint density at radius 1 is 1.03 bits per heavy atom. The van der Waals surface area contributed by atoms with Gasteiger partial charge in [-0.25, -0.2) is 4.98 Å². The Bertz CT molecular complexity index is 1360. The molecule has 5 rings (SSSR count). The summed E-state index contributed by atoms with van der Waals surface area (Å²) in [6.45, 7) is 13.9. The second-order valence-corrected chi connectivity index (χ2v) is 10.5. The Hall–Kier alpha value is -2.78. The van der Waals surface area contributed by atoms with Crippen molar-refractivity contribution in [2.75, 3.05) is 6.54 Å². The van der Waals surface area contributed by atoms with Crippen molar-refractivity contribution < 1.29 is 0 Å². The van der Waals surface area contributed by atoms with Gasteiger partial charge in [0, 0.05) is 57.9 Å². The highest BCUT2D eigenvalue weighted by Gasteiger charge is 2.20. The predicted octanol–water partition coefficient (Wildman–Crippen LogP) is 9.16. The van der Waals surface area contributed by atoms with Gasteiger partial charge in [-0.1, -0.05) is 69.8 Å². The van der Waals surface area contributed by atoms with E-state index in [1.54, 1.807) is 0 Å². The second kappa shape index (κ2) is 11.5. The number of hydrogen-bond acceptors (Lipinski definition) is 2. The highest BCUT2D eigenvalue weighted by molar-refractivity contribution is 6.31. The Morgan fingerprint density at radius 2 is 1.75 bits per heavy atom. The minimum atomic E-state index is 0.717. The summed E-state index contributed by atoms with van der Waals surface area (Å²) in [7, 11) is 2.09. The number of halogens is 1. The van der Waals surface area contributed by atoms with E-state index in [1.165, 1.54) is 48.6 Å². The van der Waals surface area contributed by atoms with Gasteiger partial charge in [-0.05, 0) is 68.0 Å². The summed E-state index contributed by atoms with van der Waals surface area (Å²) in [5.74, 6) is 1.63. The van der Waals surface area contributed by atoms with Gasteiger partial charge >= 0.3 is 0 Å². The first-order valence-electron chi connectivity index (χ1n) is 13.5. The zero-order valence-electron chi connectivity index (χ0n) is 22.5. The van der Waals surface area contributed by atoms with E-state index in [4.69, 9.17) is 16.6 Å². The molecule has 0 amide bonds. The molecule has 1 saturated carbocycles. The number of nitrogens with zero attached hydrogens (tertiary/aromatic N) is 2. The highest BCUT2D eigenvalue weighted by Crippen LogP contribution is 2.35. The van der Waals surface area contributed by atoms with E-state index in [0.29, 0.717) is 0 Å². The first kappa shape index (κ1) is 26.3. The van der Waals surface area contributed by atoms with Crippen LogP contribution in [0.5, 0.6) is 0 Å². The molecule has 0 aliphatic heterocycles. The number of nitrogens with one attached hydrogen (secondary N) is 1. The molecular weight excluding hydrogens is 462 g/mol. The molecular formula is C32H40ClN3. The minimum Gasteiger partial charge on any atom is -0.385 e. The van der Waals surface area contributed by atoms with Gasteiger partial charge in [0.2, 0.25) is 0 Å². The van der Waals surface area contributed by atoms with Crippen LogP contribution in [0.3, 0.4) is 0 Å². The van der Waals surface area contributed by atoms with E-state index in [0.717, 1.165) is 56.8 Å². The van der Waals surface area contributed by atoms with Gasteiger partial charge in [-0.3, -0.25) is 0 Å². The average Bonchev–Trinajstić information content (AvgIpc) is 3.23. The molecule has 190 valence electrons. The molecule has 1 fully saturated rings. The maximum absolute atomic E-state index is 6.40.